The van der Waals surface area contributed by atoms with E-state index in [1.165, 1.54) is 12.5 Å². The standard InChI is InChI=1S/C34H40N2O4/c1-20-22(3)36(23(4)26-11-16-29(17-12-26)40-24(5)33(38)39)31-18-13-27(19-30(20)31)32(37)35-21(2)25-9-14-28(15-10-25)34(6,7)8/h9-19,21,23-24H,1-8H3,(H,35,37)(H,38,39)/t21-,23?,24?/m0/s1. The number of aryl methyl sites for hydroxylation is 1. The molecule has 4 aromatic rings. The third-order valence-electron chi connectivity index (χ3n) is 7.86. The molecule has 40 heavy (non-hydrogen) atoms. The number of aromatic nitrogens is 1. The van der Waals surface area contributed by atoms with E-state index < -0.39 is 12.1 Å². The molecule has 1 aromatic heterocycles. The molecule has 0 bridgehead atoms. The van der Waals surface area contributed by atoms with E-state index >= 15 is 0 Å². The highest BCUT2D eigenvalue weighted by atomic mass is 16.5. The zero-order valence-electron chi connectivity index (χ0n) is 24.7. The molecule has 4 rings (SSSR count). The first-order chi connectivity index (χ1) is 18.8. The van der Waals surface area contributed by atoms with E-state index in [4.69, 9.17) is 9.84 Å². The lowest BCUT2D eigenvalue weighted by Crippen LogP contribution is -2.26. The molecule has 1 amide bonds. The first-order valence-corrected chi connectivity index (χ1v) is 13.8. The molecule has 0 aliphatic heterocycles. The smallest absolute Gasteiger partial charge is 0.344 e. The molecule has 6 nitrogen and oxygen atoms in total. The molecule has 0 aliphatic rings. The number of fused-ring (bicyclic) bond motifs is 1. The Morgan fingerprint density at radius 2 is 1.48 bits per heavy atom. The van der Waals surface area contributed by atoms with Crippen LogP contribution in [0.3, 0.4) is 0 Å². The van der Waals surface area contributed by atoms with Crippen LogP contribution in [0.15, 0.2) is 66.7 Å². The first kappa shape index (κ1) is 28.9. The third-order valence-corrected chi connectivity index (χ3v) is 7.86. The molecule has 0 saturated carbocycles. The Labute approximate surface area is 237 Å². The van der Waals surface area contributed by atoms with Gasteiger partial charge in [-0.25, -0.2) is 4.79 Å². The maximum absolute atomic E-state index is 13.2. The Bertz CT molecular complexity index is 1530. The normalized spacial score (nSPS) is 14.0. The minimum atomic E-state index is -1.00. The Balaban J connectivity index is 1.55. The van der Waals surface area contributed by atoms with Crippen molar-refractivity contribution in [2.24, 2.45) is 0 Å². The summed E-state index contributed by atoms with van der Waals surface area (Å²) in [5.41, 5.74) is 7.46. The summed E-state index contributed by atoms with van der Waals surface area (Å²) in [5.74, 6) is -0.580. The highest BCUT2D eigenvalue weighted by molar-refractivity contribution is 5.99. The van der Waals surface area contributed by atoms with Gasteiger partial charge < -0.3 is 19.7 Å². The van der Waals surface area contributed by atoms with Crippen molar-refractivity contribution in [3.8, 4) is 5.75 Å². The van der Waals surface area contributed by atoms with Crippen molar-refractivity contribution in [3.05, 3.63) is 100 Å². The molecule has 3 atom stereocenters. The van der Waals surface area contributed by atoms with E-state index in [2.05, 4.69) is 75.7 Å². The van der Waals surface area contributed by atoms with Gasteiger partial charge in [0, 0.05) is 22.2 Å². The average molecular weight is 541 g/mol. The SMILES string of the molecule is Cc1c(C)n(C(C)c2ccc(OC(C)C(=O)O)cc2)c2ccc(C(=O)N[C@@H](C)c3ccc(C(C)(C)C)cc3)cc12. The molecule has 1 heterocycles. The first-order valence-electron chi connectivity index (χ1n) is 13.8. The summed E-state index contributed by atoms with van der Waals surface area (Å²) in [6, 6.07) is 21.8. The van der Waals surface area contributed by atoms with Crippen LogP contribution < -0.4 is 10.1 Å². The molecular formula is C34H40N2O4. The van der Waals surface area contributed by atoms with Crippen LogP contribution in [0.2, 0.25) is 0 Å². The number of carboxylic acids is 1. The predicted octanol–water partition coefficient (Wildman–Crippen LogP) is 7.51. The molecule has 2 unspecified atom stereocenters. The fourth-order valence-corrected chi connectivity index (χ4v) is 5.11. The summed E-state index contributed by atoms with van der Waals surface area (Å²) in [6.07, 6.45) is -0.912. The lowest BCUT2D eigenvalue weighted by molar-refractivity contribution is -0.144. The number of rotatable bonds is 8. The van der Waals surface area contributed by atoms with Crippen LogP contribution in [0.25, 0.3) is 10.9 Å². The van der Waals surface area contributed by atoms with Crippen molar-refractivity contribution in [2.45, 2.75) is 79.0 Å². The highest BCUT2D eigenvalue weighted by Crippen LogP contribution is 2.33. The van der Waals surface area contributed by atoms with E-state index in [9.17, 15) is 9.59 Å². The van der Waals surface area contributed by atoms with Crippen LogP contribution in [-0.2, 0) is 10.2 Å². The van der Waals surface area contributed by atoms with Crippen molar-refractivity contribution < 1.29 is 19.4 Å². The molecule has 3 aromatic carbocycles. The van der Waals surface area contributed by atoms with E-state index in [1.807, 2.05) is 37.3 Å². The van der Waals surface area contributed by atoms with Crippen LogP contribution >= 0.6 is 0 Å². The van der Waals surface area contributed by atoms with Crippen LogP contribution in [0.5, 0.6) is 5.75 Å². The fourth-order valence-electron chi connectivity index (χ4n) is 5.11. The monoisotopic (exact) mass is 540 g/mol. The molecule has 0 radical (unpaired) electrons. The van der Waals surface area contributed by atoms with Crippen molar-refractivity contribution in [2.75, 3.05) is 0 Å². The number of carbonyl (C=O) groups excluding carboxylic acids is 1. The quantitative estimate of drug-likeness (QED) is 0.242. The van der Waals surface area contributed by atoms with Gasteiger partial charge in [0.2, 0.25) is 0 Å². The number of nitrogens with zero attached hydrogens (tertiary/aromatic N) is 1. The largest absolute Gasteiger partial charge is 0.479 e. The minimum absolute atomic E-state index is 0.0258. The number of ether oxygens (including phenoxy) is 1. The van der Waals surface area contributed by atoms with Crippen LogP contribution in [0.4, 0.5) is 0 Å². The molecule has 6 heteroatoms. The molecule has 210 valence electrons. The maximum atomic E-state index is 13.2. The molecular weight excluding hydrogens is 500 g/mol. The van der Waals surface area contributed by atoms with Gasteiger partial charge in [-0.1, -0.05) is 57.2 Å². The summed E-state index contributed by atoms with van der Waals surface area (Å²) in [4.78, 5) is 24.3. The average Bonchev–Trinajstić information content (AvgIpc) is 3.17. The second-order valence-electron chi connectivity index (χ2n) is 11.7. The number of hydrogen-bond acceptors (Lipinski definition) is 3. The van der Waals surface area contributed by atoms with Crippen LogP contribution in [0, 0.1) is 13.8 Å². The van der Waals surface area contributed by atoms with Crippen LogP contribution in [0.1, 0.15) is 91.9 Å². The molecule has 0 spiro atoms. The lowest BCUT2D eigenvalue weighted by Gasteiger charge is -2.21. The zero-order chi connectivity index (χ0) is 29.4. The van der Waals surface area contributed by atoms with Gasteiger partial charge in [-0.2, -0.15) is 0 Å². The predicted molar refractivity (Wildman–Crippen MR) is 160 cm³/mol. The topological polar surface area (TPSA) is 80.6 Å². The number of amides is 1. The van der Waals surface area contributed by atoms with Gasteiger partial charge in [0.05, 0.1) is 12.1 Å². The highest BCUT2D eigenvalue weighted by Gasteiger charge is 2.20. The van der Waals surface area contributed by atoms with Crippen molar-refractivity contribution in [1.82, 2.24) is 9.88 Å². The number of nitrogens with one attached hydrogen (secondary N) is 1. The van der Waals surface area contributed by atoms with Gasteiger partial charge in [-0.3, -0.25) is 4.79 Å². The Morgan fingerprint density at radius 3 is 2.05 bits per heavy atom. The second-order valence-corrected chi connectivity index (χ2v) is 11.7. The molecule has 0 saturated heterocycles. The van der Waals surface area contributed by atoms with E-state index in [-0.39, 0.29) is 23.4 Å². The fraction of sp³-hybridized carbons (Fsp3) is 0.353. The molecule has 0 aliphatic carbocycles. The van der Waals surface area contributed by atoms with E-state index in [1.54, 1.807) is 12.1 Å². The number of aliphatic carboxylic acids is 1. The van der Waals surface area contributed by atoms with Crippen molar-refractivity contribution >= 4 is 22.8 Å². The lowest BCUT2D eigenvalue weighted by atomic mass is 9.86. The summed E-state index contributed by atoms with van der Waals surface area (Å²) in [7, 11) is 0. The Hall–Kier alpha value is -4.06. The second kappa shape index (κ2) is 11.2. The van der Waals surface area contributed by atoms with Gasteiger partial charge in [0.1, 0.15) is 5.75 Å². The van der Waals surface area contributed by atoms with Gasteiger partial charge in [0.15, 0.2) is 6.10 Å². The molecule has 0 fully saturated rings. The molecule has 2 N–H and O–H groups in total. The summed E-state index contributed by atoms with van der Waals surface area (Å²) in [5, 5.41) is 13.3. The minimum Gasteiger partial charge on any atom is -0.479 e. The van der Waals surface area contributed by atoms with E-state index in [0.29, 0.717) is 11.3 Å². The number of carbonyl (C=O) groups is 2. The number of benzene rings is 3. The summed E-state index contributed by atoms with van der Waals surface area (Å²) >= 11 is 0. The summed E-state index contributed by atoms with van der Waals surface area (Å²) in [6.45, 7) is 16.4. The maximum Gasteiger partial charge on any atom is 0.344 e. The van der Waals surface area contributed by atoms with Crippen LogP contribution in [-0.4, -0.2) is 27.7 Å². The van der Waals surface area contributed by atoms with Gasteiger partial charge in [-0.15, -0.1) is 0 Å². The van der Waals surface area contributed by atoms with Crippen molar-refractivity contribution in [1.29, 1.82) is 0 Å². The Morgan fingerprint density at radius 1 is 0.875 bits per heavy atom. The van der Waals surface area contributed by atoms with Gasteiger partial charge >= 0.3 is 5.97 Å². The van der Waals surface area contributed by atoms with Gasteiger partial charge in [0.25, 0.3) is 5.91 Å². The number of hydrogen-bond donors (Lipinski definition) is 2. The number of carboxylic acid groups (broad SMARTS) is 1. The zero-order valence-corrected chi connectivity index (χ0v) is 24.7. The summed E-state index contributed by atoms with van der Waals surface area (Å²) < 4.78 is 7.76. The van der Waals surface area contributed by atoms with E-state index in [0.717, 1.165) is 33.3 Å². The van der Waals surface area contributed by atoms with Crippen molar-refractivity contribution in [3.63, 3.8) is 0 Å². The third kappa shape index (κ3) is 5.91. The Kier molecular flexibility index (Phi) is 8.10. The van der Waals surface area contributed by atoms with Gasteiger partial charge in [-0.05, 0) is 92.6 Å².